The first-order valence-electron chi connectivity index (χ1n) is 7.16. The van der Waals surface area contributed by atoms with E-state index in [1.54, 1.807) is 6.07 Å². The van der Waals surface area contributed by atoms with Crippen LogP contribution < -0.4 is 10.6 Å². The molecule has 0 spiro atoms. The molecule has 0 aliphatic rings. The van der Waals surface area contributed by atoms with E-state index in [4.69, 9.17) is 28.9 Å². The molecule has 2 N–H and O–H groups in total. The number of hydrogen-bond donors (Lipinski definition) is 1. The van der Waals surface area contributed by atoms with Crippen LogP contribution in [0.25, 0.3) is 0 Å². The van der Waals surface area contributed by atoms with E-state index in [0.717, 1.165) is 17.0 Å². The summed E-state index contributed by atoms with van der Waals surface area (Å²) in [5.41, 5.74) is 8.94. The van der Waals surface area contributed by atoms with Gasteiger partial charge < -0.3 is 10.6 Å². The van der Waals surface area contributed by atoms with Gasteiger partial charge in [-0.15, -0.1) is 24.2 Å². The van der Waals surface area contributed by atoms with Gasteiger partial charge in [0.05, 0.1) is 10.7 Å². The van der Waals surface area contributed by atoms with Crippen molar-refractivity contribution in [3.05, 3.63) is 52.0 Å². The Hall–Kier alpha value is -1.07. The molecule has 0 radical (unpaired) electrons. The lowest BCUT2D eigenvalue weighted by molar-refractivity contribution is 1.13. The fourth-order valence-corrected chi connectivity index (χ4v) is 3.28. The van der Waals surface area contributed by atoms with Crippen LogP contribution >= 0.6 is 47.4 Å². The minimum Gasteiger partial charge on any atom is -0.369 e. The van der Waals surface area contributed by atoms with E-state index in [2.05, 4.69) is 24.0 Å². The van der Waals surface area contributed by atoms with E-state index >= 15 is 0 Å². The van der Waals surface area contributed by atoms with E-state index in [1.165, 1.54) is 17.3 Å². The summed E-state index contributed by atoms with van der Waals surface area (Å²) in [6.07, 6.45) is 2.91. The predicted octanol–water partition coefficient (Wildman–Crippen LogP) is 5.78. The number of benzene rings is 2. The summed E-state index contributed by atoms with van der Waals surface area (Å²) in [4.78, 5) is 7.16. The second kappa shape index (κ2) is 9.42. The summed E-state index contributed by atoms with van der Waals surface area (Å²) in [7, 11) is 1.88. The second-order valence-electron chi connectivity index (χ2n) is 4.99. The van der Waals surface area contributed by atoms with Crippen molar-refractivity contribution in [1.82, 2.24) is 0 Å². The van der Waals surface area contributed by atoms with E-state index in [0.29, 0.717) is 21.7 Å². The molecule has 130 valence electrons. The van der Waals surface area contributed by atoms with Crippen molar-refractivity contribution in [2.75, 3.05) is 18.2 Å². The number of hydrogen-bond acceptors (Lipinski definition) is 2. The van der Waals surface area contributed by atoms with Crippen molar-refractivity contribution in [3.8, 4) is 0 Å². The lowest BCUT2D eigenvalue weighted by Gasteiger charge is -2.19. The van der Waals surface area contributed by atoms with Crippen molar-refractivity contribution >= 4 is 64.7 Å². The van der Waals surface area contributed by atoms with Crippen LogP contribution in [-0.2, 0) is 6.42 Å². The third kappa shape index (κ3) is 4.96. The smallest absolute Gasteiger partial charge is 0.200 e. The summed E-state index contributed by atoms with van der Waals surface area (Å²) in [5.74, 6) is 0.356. The lowest BCUT2D eigenvalue weighted by Crippen LogP contribution is -2.33. The summed E-state index contributed by atoms with van der Waals surface area (Å²) >= 11 is 14.0. The SMILES string of the molecule is CCc1cccc(N(C)C(N)=Nc2cc(Cl)cc(SC)c2Cl)c1.Cl. The average molecular weight is 405 g/mol. The molecule has 0 aliphatic carbocycles. The fourth-order valence-electron chi connectivity index (χ4n) is 2.10. The average Bonchev–Trinajstić information content (AvgIpc) is 2.56. The highest BCUT2D eigenvalue weighted by Gasteiger charge is 2.11. The van der Waals surface area contributed by atoms with Gasteiger partial charge in [0.25, 0.3) is 0 Å². The Balaban J connectivity index is 0.00000288. The number of aryl methyl sites for hydroxylation is 1. The second-order valence-corrected chi connectivity index (χ2v) is 6.66. The van der Waals surface area contributed by atoms with Gasteiger partial charge in [0, 0.05) is 22.7 Å². The molecule has 0 atom stereocenters. The standard InChI is InChI=1S/C17H19Cl2N3S.ClH/c1-4-11-6-5-7-13(8-11)22(2)17(20)21-14-9-12(18)10-15(23-3)16(14)19;/h5-10H,4H2,1-3H3,(H2,20,21);1H. The molecule has 0 aromatic heterocycles. The van der Waals surface area contributed by atoms with Crippen LogP contribution in [-0.4, -0.2) is 19.3 Å². The van der Waals surface area contributed by atoms with Crippen LogP contribution in [0.5, 0.6) is 0 Å². The lowest BCUT2D eigenvalue weighted by atomic mass is 10.1. The number of thioether (sulfide) groups is 1. The molecule has 2 rings (SSSR count). The highest BCUT2D eigenvalue weighted by atomic mass is 35.5. The Morgan fingerprint density at radius 1 is 1.25 bits per heavy atom. The molecule has 2 aromatic rings. The predicted molar refractivity (Wildman–Crippen MR) is 111 cm³/mol. The van der Waals surface area contributed by atoms with Crippen LogP contribution in [0.3, 0.4) is 0 Å². The minimum atomic E-state index is 0. The van der Waals surface area contributed by atoms with Gasteiger partial charge in [-0.3, -0.25) is 0 Å². The highest BCUT2D eigenvalue weighted by Crippen LogP contribution is 2.37. The fraction of sp³-hybridized carbons (Fsp3) is 0.235. The Kier molecular flexibility index (Phi) is 8.23. The van der Waals surface area contributed by atoms with E-state index in [1.807, 2.05) is 36.4 Å². The van der Waals surface area contributed by atoms with Crippen LogP contribution in [0.15, 0.2) is 46.3 Å². The zero-order chi connectivity index (χ0) is 17.0. The maximum absolute atomic E-state index is 6.36. The molecule has 7 heteroatoms. The zero-order valence-corrected chi connectivity index (χ0v) is 16.9. The summed E-state index contributed by atoms with van der Waals surface area (Å²) in [6.45, 7) is 2.12. The van der Waals surface area contributed by atoms with Crippen LogP contribution in [0.4, 0.5) is 11.4 Å². The number of nitrogens with two attached hydrogens (primary N) is 1. The first-order chi connectivity index (χ1) is 11.0. The van der Waals surface area contributed by atoms with Crippen LogP contribution in [0.2, 0.25) is 10.0 Å². The summed E-state index contributed by atoms with van der Waals surface area (Å²) in [5, 5.41) is 1.14. The zero-order valence-electron chi connectivity index (χ0n) is 13.7. The van der Waals surface area contributed by atoms with Gasteiger partial charge in [0.2, 0.25) is 5.96 Å². The topological polar surface area (TPSA) is 41.6 Å². The molecule has 0 bridgehead atoms. The molecular weight excluding hydrogens is 385 g/mol. The van der Waals surface area contributed by atoms with E-state index < -0.39 is 0 Å². The molecule has 0 heterocycles. The first kappa shape index (κ1) is 21.0. The molecule has 0 saturated carbocycles. The summed E-state index contributed by atoms with van der Waals surface area (Å²) < 4.78 is 0. The Bertz CT molecular complexity index is 735. The molecule has 0 saturated heterocycles. The molecule has 0 aliphatic heterocycles. The normalized spacial score (nSPS) is 11.1. The molecule has 0 amide bonds. The third-order valence-electron chi connectivity index (χ3n) is 3.49. The van der Waals surface area contributed by atoms with E-state index in [-0.39, 0.29) is 12.4 Å². The molecule has 24 heavy (non-hydrogen) atoms. The van der Waals surface area contributed by atoms with Crippen LogP contribution in [0.1, 0.15) is 12.5 Å². The van der Waals surface area contributed by atoms with Gasteiger partial charge >= 0.3 is 0 Å². The van der Waals surface area contributed by atoms with Crippen molar-refractivity contribution in [2.24, 2.45) is 10.7 Å². The largest absolute Gasteiger partial charge is 0.369 e. The Morgan fingerprint density at radius 3 is 2.58 bits per heavy atom. The number of rotatable bonds is 4. The number of guanidine groups is 1. The Morgan fingerprint density at radius 2 is 1.96 bits per heavy atom. The van der Waals surface area contributed by atoms with Gasteiger partial charge in [-0.25, -0.2) is 4.99 Å². The van der Waals surface area contributed by atoms with Crippen molar-refractivity contribution in [2.45, 2.75) is 18.2 Å². The molecule has 0 unspecified atom stereocenters. The number of anilines is 1. The third-order valence-corrected chi connectivity index (χ3v) is 4.98. The Labute approximate surface area is 163 Å². The monoisotopic (exact) mass is 403 g/mol. The van der Waals surface area contributed by atoms with Gasteiger partial charge in [-0.1, -0.05) is 42.3 Å². The molecular formula is C17H20Cl3N3S. The number of halogens is 3. The van der Waals surface area contributed by atoms with Crippen molar-refractivity contribution in [1.29, 1.82) is 0 Å². The molecule has 0 fully saturated rings. The number of nitrogens with zero attached hydrogens (tertiary/aromatic N) is 2. The quantitative estimate of drug-likeness (QED) is 0.399. The van der Waals surface area contributed by atoms with E-state index in [9.17, 15) is 0 Å². The van der Waals surface area contributed by atoms with Gasteiger partial charge in [-0.05, 0) is 42.5 Å². The van der Waals surface area contributed by atoms with Gasteiger partial charge in [0.1, 0.15) is 0 Å². The van der Waals surface area contributed by atoms with Crippen molar-refractivity contribution in [3.63, 3.8) is 0 Å². The molecule has 2 aromatic carbocycles. The van der Waals surface area contributed by atoms with Gasteiger partial charge in [0.15, 0.2) is 0 Å². The highest BCUT2D eigenvalue weighted by molar-refractivity contribution is 7.98. The minimum absolute atomic E-state index is 0. The maximum Gasteiger partial charge on any atom is 0.200 e. The van der Waals surface area contributed by atoms with Gasteiger partial charge in [-0.2, -0.15) is 0 Å². The molecule has 3 nitrogen and oxygen atoms in total. The first-order valence-corrected chi connectivity index (χ1v) is 9.14. The van der Waals surface area contributed by atoms with Crippen LogP contribution in [0, 0.1) is 0 Å². The summed E-state index contributed by atoms with van der Waals surface area (Å²) in [6, 6.07) is 11.7. The maximum atomic E-state index is 6.36. The number of aliphatic imine (C=N–C) groups is 1. The van der Waals surface area contributed by atoms with Crippen molar-refractivity contribution < 1.29 is 0 Å².